The number of hydrogen-bond donors (Lipinski definition) is 3. The molecule has 0 saturated carbocycles. The second kappa shape index (κ2) is 9.01. The third-order valence-electron chi connectivity index (χ3n) is 5.00. The first-order valence-corrected chi connectivity index (χ1v) is 10.1. The first-order valence-electron chi connectivity index (χ1n) is 10.1. The molecule has 164 valence electrons. The summed E-state index contributed by atoms with van der Waals surface area (Å²) in [6, 6.07) is 5.00. The maximum Gasteiger partial charge on any atom is 0.407 e. The maximum absolute atomic E-state index is 12.4. The van der Waals surface area contributed by atoms with Gasteiger partial charge >= 0.3 is 6.09 Å². The number of methoxy groups -OCH3 is 1. The Kier molecular flexibility index (Phi) is 6.62. The number of hydrogen-bond acceptors (Lipinski definition) is 7. The Morgan fingerprint density at radius 2 is 2.17 bits per heavy atom. The van der Waals surface area contributed by atoms with Crippen molar-refractivity contribution in [3.63, 3.8) is 0 Å². The molecule has 0 spiro atoms. The predicted octanol–water partition coefficient (Wildman–Crippen LogP) is 1.43. The molecule has 9 nitrogen and oxygen atoms in total. The highest BCUT2D eigenvalue weighted by Gasteiger charge is 2.30. The topological polar surface area (TPSA) is 117 Å². The van der Waals surface area contributed by atoms with Gasteiger partial charge in [0, 0.05) is 32.1 Å². The van der Waals surface area contributed by atoms with E-state index >= 15 is 0 Å². The van der Waals surface area contributed by atoms with Gasteiger partial charge in [0.1, 0.15) is 17.0 Å². The zero-order valence-corrected chi connectivity index (χ0v) is 17.9. The number of piperidine rings is 1. The second-order valence-electron chi connectivity index (χ2n) is 8.56. The van der Waals surface area contributed by atoms with Crippen LogP contribution in [0.15, 0.2) is 23.0 Å². The third kappa shape index (κ3) is 5.70. The number of carbonyl (C=O) groups excluding carboxylic acids is 1. The quantitative estimate of drug-likeness (QED) is 0.673. The number of likely N-dealkylation sites (tertiary alicyclic amines) is 1. The van der Waals surface area contributed by atoms with Gasteiger partial charge in [-0.25, -0.2) is 9.78 Å². The number of fused-ring (bicyclic) bond motifs is 1. The van der Waals surface area contributed by atoms with Crippen LogP contribution in [0.1, 0.15) is 32.9 Å². The summed E-state index contributed by atoms with van der Waals surface area (Å²) in [7, 11) is 1.57. The van der Waals surface area contributed by atoms with Crippen LogP contribution in [0, 0.1) is 0 Å². The Labute approximate surface area is 175 Å². The number of H-pyrrole nitrogens is 1. The molecule has 0 bridgehead atoms. The molecule has 2 aromatic rings. The lowest BCUT2D eigenvalue weighted by molar-refractivity contribution is 0.0203. The van der Waals surface area contributed by atoms with E-state index in [1.807, 2.05) is 6.07 Å². The van der Waals surface area contributed by atoms with E-state index in [4.69, 9.17) is 9.47 Å². The molecule has 3 N–H and O–H groups in total. The van der Waals surface area contributed by atoms with Crippen molar-refractivity contribution in [1.29, 1.82) is 0 Å². The number of aliphatic hydroxyl groups excluding tert-OH is 1. The zero-order valence-electron chi connectivity index (χ0n) is 17.9. The van der Waals surface area contributed by atoms with Crippen molar-refractivity contribution < 1.29 is 19.4 Å². The van der Waals surface area contributed by atoms with Crippen LogP contribution in [0.3, 0.4) is 0 Å². The lowest BCUT2D eigenvalue weighted by Gasteiger charge is -2.36. The Morgan fingerprint density at radius 3 is 2.83 bits per heavy atom. The molecule has 0 aliphatic carbocycles. The lowest BCUT2D eigenvalue weighted by atomic mass is 10.0. The number of carbonyl (C=O) groups is 1. The number of amides is 1. The largest absolute Gasteiger partial charge is 0.497 e. The van der Waals surface area contributed by atoms with E-state index in [0.717, 1.165) is 0 Å². The molecule has 1 fully saturated rings. The van der Waals surface area contributed by atoms with Gasteiger partial charge in [-0.1, -0.05) is 0 Å². The van der Waals surface area contributed by atoms with Crippen molar-refractivity contribution in [2.75, 3.05) is 26.7 Å². The van der Waals surface area contributed by atoms with Crippen molar-refractivity contribution in [3.05, 3.63) is 34.2 Å². The monoisotopic (exact) mass is 418 g/mol. The van der Waals surface area contributed by atoms with Crippen LogP contribution in [-0.2, 0) is 11.2 Å². The number of ether oxygens (including phenoxy) is 2. The van der Waals surface area contributed by atoms with Crippen molar-refractivity contribution in [3.8, 4) is 5.75 Å². The van der Waals surface area contributed by atoms with E-state index in [1.165, 1.54) is 0 Å². The highest BCUT2D eigenvalue weighted by molar-refractivity contribution is 5.75. The van der Waals surface area contributed by atoms with Gasteiger partial charge in [0.25, 0.3) is 5.56 Å². The fourth-order valence-electron chi connectivity index (χ4n) is 3.49. The third-order valence-corrected chi connectivity index (χ3v) is 5.00. The smallest absolute Gasteiger partial charge is 0.407 e. The van der Waals surface area contributed by atoms with Crippen molar-refractivity contribution >= 4 is 17.1 Å². The van der Waals surface area contributed by atoms with Gasteiger partial charge in [-0.15, -0.1) is 0 Å². The Bertz CT molecular complexity index is 953. The summed E-state index contributed by atoms with van der Waals surface area (Å²) >= 11 is 0. The van der Waals surface area contributed by atoms with E-state index in [0.29, 0.717) is 55.0 Å². The number of nitrogens with zero attached hydrogens (tertiary/aromatic N) is 2. The number of benzene rings is 1. The van der Waals surface area contributed by atoms with E-state index in [1.54, 1.807) is 40.0 Å². The van der Waals surface area contributed by atoms with Gasteiger partial charge in [-0.3, -0.25) is 4.79 Å². The van der Waals surface area contributed by atoms with Gasteiger partial charge < -0.3 is 29.8 Å². The van der Waals surface area contributed by atoms with Crippen molar-refractivity contribution in [2.45, 2.75) is 51.4 Å². The normalized spacial score (nSPS) is 20.2. The molecular formula is C21H30N4O5. The standard InChI is InChI=1S/C21H30N4O5/c1-21(2,3)30-20(28)24-15-7-9-25(12-18(15)26)10-8-16-19(27)23-17-11-13(29-4)5-6-14(17)22-16/h5-6,11,15,18,26H,7-10,12H2,1-4H3,(H,23,27)(H,24,28). The average molecular weight is 418 g/mol. The fourth-order valence-corrected chi connectivity index (χ4v) is 3.49. The lowest BCUT2D eigenvalue weighted by Crippen LogP contribution is -2.55. The van der Waals surface area contributed by atoms with Crippen molar-refractivity contribution in [1.82, 2.24) is 20.2 Å². The minimum atomic E-state index is -0.707. The molecule has 2 heterocycles. The van der Waals surface area contributed by atoms with Crippen LogP contribution < -0.4 is 15.6 Å². The second-order valence-corrected chi connectivity index (χ2v) is 8.56. The molecule has 2 unspecified atom stereocenters. The first-order chi connectivity index (χ1) is 14.1. The summed E-state index contributed by atoms with van der Waals surface area (Å²) in [6.07, 6.45) is -0.166. The Morgan fingerprint density at radius 1 is 1.40 bits per heavy atom. The van der Waals surface area contributed by atoms with Gasteiger partial charge in [0.15, 0.2) is 0 Å². The molecule has 3 rings (SSSR count). The van der Waals surface area contributed by atoms with Gasteiger partial charge in [-0.2, -0.15) is 0 Å². The summed E-state index contributed by atoms with van der Waals surface area (Å²) in [5.41, 5.74) is 0.980. The molecule has 1 aliphatic heterocycles. The summed E-state index contributed by atoms with van der Waals surface area (Å²) in [6.45, 7) is 7.08. The average Bonchev–Trinajstić information content (AvgIpc) is 2.66. The molecular weight excluding hydrogens is 388 g/mol. The SMILES string of the molecule is COc1ccc2nc(CCN3CCC(NC(=O)OC(C)(C)C)C(O)C3)c(=O)[nH]c2c1. The fraction of sp³-hybridized carbons (Fsp3) is 0.571. The Balaban J connectivity index is 1.55. The molecule has 1 aromatic carbocycles. The van der Waals surface area contributed by atoms with Crippen LogP contribution in [0.4, 0.5) is 4.79 Å². The van der Waals surface area contributed by atoms with Crippen LogP contribution in [0.25, 0.3) is 11.0 Å². The van der Waals surface area contributed by atoms with Crippen LogP contribution in [0.5, 0.6) is 5.75 Å². The molecule has 1 saturated heterocycles. The Hall–Kier alpha value is -2.65. The number of β-amino-alcohol motifs (C(OH)–C–C–N with tert-alkyl or cyclic N) is 1. The molecule has 9 heteroatoms. The molecule has 2 atom stereocenters. The summed E-state index contributed by atoms with van der Waals surface area (Å²) in [4.78, 5) is 33.7. The number of aromatic amines is 1. The first kappa shape index (κ1) is 22.0. The predicted molar refractivity (Wildman–Crippen MR) is 113 cm³/mol. The highest BCUT2D eigenvalue weighted by Crippen LogP contribution is 2.17. The molecule has 1 aliphatic rings. The van der Waals surface area contributed by atoms with E-state index in [2.05, 4.69) is 20.2 Å². The van der Waals surface area contributed by atoms with Crippen LogP contribution in [-0.4, -0.2) is 70.6 Å². The summed E-state index contributed by atoms with van der Waals surface area (Å²) in [5, 5.41) is 13.2. The molecule has 1 amide bonds. The van der Waals surface area contributed by atoms with E-state index in [9.17, 15) is 14.7 Å². The van der Waals surface area contributed by atoms with E-state index in [-0.39, 0.29) is 11.6 Å². The number of rotatable bonds is 5. The zero-order chi connectivity index (χ0) is 21.9. The minimum absolute atomic E-state index is 0.224. The summed E-state index contributed by atoms with van der Waals surface area (Å²) in [5.74, 6) is 0.657. The van der Waals surface area contributed by atoms with Crippen molar-refractivity contribution in [2.24, 2.45) is 0 Å². The summed E-state index contributed by atoms with van der Waals surface area (Å²) < 4.78 is 10.4. The maximum atomic E-state index is 12.4. The van der Waals surface area contributed by atoms with Crippen LogP contribution >= 0.6 is 0 Å². The van der Waals surface area contributed by atoms with Gasteiger partial charge in [-0.05, 0) is 39.3 Å². The van der Waals surface area contributed by atoms with Gasteiger partial charge in [0.2, 0.25) is 0 Å². The minimum Gasteiger partial charge on any atom is -0.497 e. The number of aromatic nitrogens is 2. The molecule has 1 aromatic heterocycles. The molecule has 0 radical (unpaired) electrons. The highest BCUT2D eigenvalue weighted by atomic mass is 16.6. The number of alkyl carbamates (subject to hydrolysis) is 1. The number of nitrogens with one attached hydrogen (secondary N) is 2. The van der Waals surface area contributed by atoms with E-state index < -0.39 is 17.8 Å². The number of aliphatic hydroxyl groups is 1. The molecule has 30 heavy (non-hydrogen) atoms. The van der Waals surface area contributed by atoms with Gasteiger partial charge in [0.05, 0.1) is 30.3 Å². The van der Waals surface area contributed by atoms with Crippen LogP contribution in [0.2, 0.25) is 0 Å².